The highest BCUT2D eigenvalue weighted by molar-refractivity contribution is 6.09. The van der Waals surface area contributed by atoms with Crippen LogP contribution in [0.5, 0.6) is 5.75 Å². The Bertz CT molecular complexity index is 1460. The first-order valence-corrected chi connectivity index (χ1v) is 13.0. The summed E-state index contributed by atoms with van der Waals surface area (Å²) in [4.78, 5) is 42.3. The molecule has 1 saturated heterocycles. The van der Waals surface area contributed by atoms with Crippen molar-refractivity contribution in [3.63, 3.8) is 0 Å². The molecule has 3 heterocycles. The van der Waals surface area contributed by atoms with Crippen LogP contribution in [0.3, 0.4) is 0 Å². The molecule has 2 aliphatic heterocycles. The van der Waals surface area contributed by atoms with Crippen molar-refractivity contribution >= 4 is 28.6 Å². The number of fused-ring (bicyclic) bond motifs is 2. The van der Waals surface area contributed by atoms with E-state index in [0.717, 1.165) is 51.0 Å². The van der Waals surface area contributed by atoms with E-state index in [-0.39, 0.29) is 30.3 Å². The Labute approximate surface area is 222 Å². The number of benzene rings is 2. The zero-order valence-corrected chi connectivity index (χ0v) is 22.5. The van der Waals surface area contributed by atoms with Crippen LogP contribution >= 0.6 is 0 Å². The number of amides is 3. The summed E-state index contributed by atoms with van der Waals surface area (Å²) in [5, 5.41) is 3.90. The fourth-order valence-corrected chi connectivity index (χ4v) is 5.87. The zero-order chi connectivity index (χ0) is 27.1. The number of carbonyl (C=O) groups excluding carboxylic acids is 3. The van der Waals surface area contributed by atoms with Crippen LogP contribution in [-0.4, -0.2) is 64.9 Å². The quantitative estimate of drug-likeness (QED) is 0.512. The fraction of sp³-hybridized carbons (Fsp3) is 0.367. The highest BCUT2D eigenvalue weighted by Gasteiger charge is 2.32. The molecule has 1 N–H and O–H groups in total. The molecule has 3 aromatic rings. The summed E-state index contributed by atoms with van der Waals surface area (Å²) in [5.74, 6) is 0.570. The third-order valence-corrected chi connectivity index (χ3v) is 7.73. The predicted molar refractivity (Wildman–Crippen MR) is 146 cm³/mol. The highest BCUT2D eigenvalue weighted by Crippen LogP contribution is 2.33. The van der Waals surface area contributed by atoms with Crippen molar-refractivity contribution in [2.24, 2.45) is 0 Å². The van der Waals surface area contributed by atoms with Crippen molar-refractivity contribution in [3.8, 4) is 5.75 Å². The molecule has 0 unspecified atom stereocenters. The molecule has 1 fully saturated rings. The van der Waals surface area contributed by atoms with Gasteiger partial charge in [0, 0.05) is 42.8 Å². The summed E-state index contributed by atoms with van der Waals surface area (Å²) in [6, 6.07) is 10.0. The molecule has 2 aliphatic rings. The molecule has 0 spiro atoms. The van der Waals surface area contributed by atoms with Crippen LogP contribution in [0, 0.1) is 20.8 Å². The largest absolute Gasteiger partial charge is 0.496 e. The summed E-state index contributed by atoms with van der Waals surface area (Å²) >= 11 is 0. The van der Waals surface area contributed by atoms with Crippen LogP contribution in [0.25, 0.3) is 10.9 Å². The lowest BCUT2D eigenvalue weighted by Gasteiger charge is -2.38. The second kappa shape index (κ2) is 10.0. The fourth-order valence-electron chi connectivity index (χ4n) is 5.87. The van der Waals surface area contributed by atoms with Crippen LogP contribution < -0.4 is 10.1 Å². The van der Waals surface area contributed by atoms with Gasteiger partial charge in [-0.25, -0.2) is 0 Å². The molecule has 1 aromatic heterocycles. The SMILES string of the molecule is C=CC(=O)N1CC(NC(=O)Cn2c(C)c(C(=O)N3CCc4c(cccc4OC)C3)c3cc(C)cc(C)c32)C1. The number of rotatable bonds is 6. The number of methoxy groups -OCH3 is 1. The average Bonchev–Trinajstić information content (AvgIpc) is 3.14. The van der Waals surface area contributed by atoms with Gasteiger partial charge in [-0.15, -0.1) is 0 Å². The van der Waals surface area contributed by atoms with Crippen LogP contribution in [0.4, 0.5) is 0 Å². The molecule has 0 bridgehead atoms. The summed E-state index contributed by atoms with van der Waals surface area (Å²) in [6.07, 6.45) is 2.02. The second-order valence-corrected chi connectivity index (χ2v) is 10.3. The van der Waals surface area contributed by atoms with Gasteiger partial charge in [-0.2, -0.15) is 0 Å². The molecule has 8 nitrogen and oxygen atoms in total. The normalized spacial score (nSPS) is 15.2. The van der Waals surface area contributed by atoms with Gasteiger partial charge in [0.1, 0.15) is 12.3 Å². The Morgan fingerprint density at radius 2 is 1.89 bits per heavy atom. The topological polar surface area (TPSA) is 83.9 Å². The van der Waals surface area contributed by atoms with E-state index in [9.17, 15) is 14.4 Å². The molecular weight excluding hydrogens is 480 g/mol. The molecule has 8 heteroatoms. The number of aryl methyl sites for hydroxylation is 2. The lowest BCUT2D eigenvalue weighted by molar-refractivity contribution is -0.133. The van der Waals surface area contributed by atoms with Crippen LogP contribution in [0.2, 0.25) is 0 Å². The number of carbonyl (C=O) groups is 3. The molecule has 2 aromatic carbocycles. The minimum atomic E-state index is -0.140. The lowest BCUT2D eigenvalue weighted by atomic mass is 9.97. The third kappa shape index (κ3) is 4.44. The minimum absolute atomic E-state index is 0.0253. The number of likely N-dealkylation sites (tertiary alicyclic amines) is 1. The average molecular weight is 515 g/mol. The molecule has 0 aliphatic carbocycles. The first-order valence-electron chi connectivity index (χ1n) is 13.0. The Morgan fingerprint density at radius 1 is 1.13 bits per heavy atom. The summed E-state index contributed by atoms with van der Waals surface area (Å²) in [7, 11) is 1.67. The van der Waals surface area contributed by atoms with E-state index in [0.29, 0.717) is 31.7 Å². The van der Waals surface area contributed by atoms with Crippen molar-refractivity contribution in [2.45, 2.75) is 46.3 Å². The molecule has 0 saturated carbocycles. The Kier molecular flexibility index (Phi) is 6.73. The standard InChI is InChI=1S/C30H34N4O4/c1-6-27(36)33-15-22(16-33)31-26(35)17-34-20(4)28(24-13-18(2)12-19(3)29(24)34)30(37)32-11-10-23-21(14-32)8-7-9-25(23)38-5/h6-9,12-13,22H,1,10-11,14-17H2,2-5H3,(H,31,35). The van der Waals surface area contributed by atoms with E-state index >= 15 is 0 Å². The first-order chi connectivity index (χ1) is 18.2. The van der Waals surface area contributed by atoms with E-state index in [1.54, 1.807) is 12.0 Å². The number of ether oxygens (including phenoxy) is 1. The number of hydrogen-bond donors (Lipinski definition) is 1. The minimum Gasteiger partial charge on any atom is -0.496 e. The van der Waals surface area contributed by atoms with E-state index in [1.165, 1.54) is 6.08 Å². The van der Waals surface area contributed by atoms with Gasteiger partial charge in [0.15, 0.2) is 0 Å². The van der Waals surface area contributed by atoms with E-state index in [2.05, 4.69) is 24.0 Å². The number of aromatic nitrogens is 1. The van der Waals surface area contributed by atoms with Crippen molar-refractivity contribution in [1.29, 1.82) is 0 Å². The molecule has 0 atom stereocenters. The summed E-state index contributed by atoms with van der Waals surface area (Å²) in [6.45, 7) is 11.7. The van der Waals surface area contributed by atoms with Crippen LogP contribution in [0.1, 0.15) is 38.3 Å². The lowest BCUT2D eigenvalue weighted by Crippen LogP contribution is -2.61. The number of hydrogen-bond acceptors (Lipinski definition) is 4. The monoisotopic (exact) mass is 514 g/mol. The van der Waals surface area contributed by atoms with Gasteiger partial charge in [0.25, 0.3) is 5.91 Å². The van der Waals surface area contributed by atoms with Crippen molar-refractivity contribution in [2.75, 3.05) is 26.7 Å². The van der Waals surface area contributed by atoms with Gasteiger partial charge in [0.2, 0.25) is 11.8 Å². The molecule has 0 radical (unpaired) electrons. The third-order valence-electron chi connectivity index (χ3n) is 7.73. The van der Waals surface area contributed by atoms with Crippen molar-refractivity contribution < 1.29 is 19.1 Å². The van der Waals surface area contributed by atoms with Crippen molar-refractivity contribution in [3.05, 3.63) is 76.5 Å². The maximum Gasteiger partial charge on any atom is 0.256 e. The van der Waals surface area contributed by atoms with Gasteiger partial charge < -0.3 is 24.4 Å². The zero-order valence-electron chi connectivity index (χ0n) is 22.5. The van der Waals surface area contributed by atoms with Gasteiger partial charge in [-0.1, -0.05) is 30.3 Å². The van der Waals surface area contributed by atoms with Crippen molar-refractivity contribution in [1.82, 2.24) is 19.7 Å². The summed E-state index contributed by atoms with van der Waals surface area (Å²) < 4.78 is 7.49. The maximum atomic E-state index is 14.0. The molecule has 38 heavy (non-hydrogen) atoms. The second-order valence-electron chi connectivity index (χ2n) is 10.3. The van der Waals surface area contributed by atoms with E-state index < -0.39 is 0 Å². The first kappa shape index (κ1) is 25.6. The van der Waals surface area contributed by atoms with E-state index in [4.69, 9.17) is 4.74 Å². The maximum absolute atomic E-state index is 14.0. The van der Waals surface area contributed by atoms with Crippen LogP contribution in [-0.2, 0) is 29.1 Å². The molecule has 5 rings (SSSR count). The van der Waals surface area contributed by atoms with Gasteiger partial charge in [-0.05, 0) is 56.5 Å². The van der Waals surface area contributed by atoms with Gasteiger partial charge in [0.05, 0.1) is 24.2 Å². The highest BCUT2D eigenvalue weighted by atomic mass is 16.5. The van der Waals surface area contributed by atoms with E-state index in [1.807, 2.05) is 48.4 Å². The Morgan fingerprint density at radius 3 is 2.61 bits per heavy atom. The molecular formula is C30H34N4O4. The smallest absolute Gasteiger partial charge is 0.256 e. The van der Waals surface area contributed by atoms with Gasteiger partial charge >= 0.3 is 0 Å². The molecule has 3 amide bonds. The van der Waals surface area contributed by atoms with Crippen LogP contribution in [0.15, 0.2) is 43.0 Å². The Balaban J connectivity index is 1.43. The summed E-state index contributed by atoms with van der Waals surface area (Å²) in [5.41, 5.74) is 6.69. The predicted octanol–water partition coefficient (Wildman–Crippen LogP) is 3.29. The van der Waals surface area contributed by atoms with Gasteiger partial charge in [-0.3, -0.25) is 14.4 Å². The molecule has 198 valence electrons. The number of nitrogens with one attached hydrogen (secondary N) is 1. The Hall–Kier alpha value is -4.07. The number of nitrogens with zero attached hydrogens (tertiary/aromatic N) is 3.